The van der Waals surface area contributed by atoms with E-state index in [-0.39, 0.29) is 30.8 Å². The molecule has 2 aliphatic heterocycles. The Labute approximate surface area is 221 Å². The van der Waals surface area contributed by atoms with Gasteiger partial charge in [-0.15, -0.1) is 0 Å². The Morgan fingerprint density at radius 1 is 1.30 bits per heavy atom. The van der Waals surface area contributed by atoms with E-state index in [0.29, 0.717) is 47.7 Å². The molecule has 1 aromatic heterocycles. The SMILES string of the molecule is COc1cccc(OC2=CC(=O)N([C@@H](CC3CCOCC3)C(=O)Nc3ccn(CC(C)(C)O)n3)C2)c1Cl. The van der Waals surface area contributed by atoms with E-state index in [2.05, 4.69) is 10.4 Å². The molecule has 1 fully saturated rings. The molecule has 0 aliphatic carbocycles. The first-order valence-electron chi connectivity index (χ1n) is 12.3. The lowest BCUT2D eigenvalue weighted by molar-refractivity contribution is -0.134. The number of carbonyl (C=O) groups excluding carboxylic acids is 2. The molecule has 2 N–H and O–H groups in total. The normalized spacial score (nSPS) is 17.5. The summed E-state index contributed by atoms with van der Waals surface area (Å²) in [4.78, 5) is 28.0. The predicted octanol–water partition coefficient (Wildman–Crippen LogP) is 3.24. The molecular weight excluding hydrogens is 500 g/mol. The number of halogens is 1. The van der Waals surface area contributed by atoms with Gasteiger partial charge in [0.2, 0.25) is 5.91 Å². The van der Waals surface area contributed by atoms with Crippen LogP contribution in [0, 0.1) is 5.92 Å². The van der Waals surface area contributed by atoms with Crippen molar-refractivity contribution in [2.45, 2.75) is 51.3 Å². The van der Waals surface area contributed by atoms with Crippen molar-refractivity contribution in [2.75, 3.05) is 32.2 Å². The van der Waals surface area contributed by atoms with E-state index < -0.39 is 11.6 Å². The van der Waals surface area contributed by atoms with Crippen LogP contribution in [0.1, 0.15) is 33.1 Å². The van der Waals surface area contributed by atoms with Gasteiger partial charge >= 0.3 is 0 Å². The Balaban J connectivity index is 1.49. The van der Waals surface area contributed by atoms with E-state index in [9.17, 15) is 14.7 Å². The average Bonchev–Trinajstić information content (AvgIpc) is 3.43. The minimum Gasteiger partial charge on any atom is -0.495 e. The average molecular weight is 533 g/mol. The van der Waals surface area contributed by atoms with Crippen LogP contribution >= 0.6 is 11.6 Å². The van der Waals surface area contributed by atoms with E-state index in [0.717, 1.165) is 12.8 Å². The molecule has 2 amide bonds. The first kappa shape index (κ1) is 27.0. The highest BCUT2D eigenvalue weighted by molar-refractivity contribution is 6.33. The number of benzene rings is 1. The molecule has 0 unspecified atom stereocenters. The third kappa shape index (κ3) is 7.03. The van der Waals surface area contributed by atoms with E-state index in [1.807, 2.05) is 0 Å². The van der Waals surface area contributed by atoms with Crippen molar-refractivity contribution >= 4 is 29.2 Å². The number of nitrogens with one attached hydrogen (secondary N) is 1. The number of methoxy groups -OCH3 is 1. The standard InChI is InChI=1S/C26H33ClN4O6/c1-26(2,34)16-30-10-7-22(29-30)28-25(33)19(13-17-8-11-36-12-9-17)31-15-18(14-23(31)32)37-21-6-4-5-20(35-3)24(21)27/h4-7,10,14,17,19,34H,8-9,11-13,15-16H2,1-3H3,(H,28,29,33)/t19-/m0/s1. The monoisotopic (exact) mass is 532 g/mol. The van der Waals surface area contributed by atoms with E-state index in [1.54, 1.807) is 49.0 Å². The van der Waals surface area contributed by atoms with Crippen molar-refractivity contribution in [2.24, 2.45) is 5.92 Å². The zero-order valence-electron chi connectivity index (χ0n) is 21.3. The third-order valence-electron chi connectivity index (χ3n) is 6.30. The van der Waals surface area contributed by atoms with Crippen LogP contribution in [0.15, 0.2) is 42.3 Å². The van der Waals surface area contributed by atoms with E-state index in [4.69, 9.17) is 25.8 Å². The van der Waals surface area contributed by atoms with Crippen molar-refractivity contribution in [1.29, 1.82) is 0 Å². The van der Waals surface area contributed by atoms with Crippen LogP contribution < -0.4 is 14.8 Å². The van der Waals surface area contributed by atoms with Crippen molar-refractivity contribution in [3.05, 3.63) is 47.3 Å². The van der Waals surface area contributed by atoms with E-state index in [1.165, 1.54) is 18.1 Å². The highest BCUT2D eigenvalue weighted by Crippen LogP contribution is 2.35. The van der Waals surface area contributed by atoms with Gasteiger partial charge in [-0.2, -0.15) is 5.10 Å². The van der Waals surface area contributed by atoms with Gasteiger partial charge in [0.15, 0.2) is 5.82 Å². The Kier molecular flexibility index (Phi) is 8.41. The number of anilines is 1. The first-order valence-corrected chi connectivity index (χ1v) is 12.7. The molecule has 2 aliphatic rings. The van der Waals surface area contributed by atoms with Crippen LogP contribution in [0.5, 0.6) is 11.5 Å². The van der Waals surface area contributed by atoms with Gasteiger partial charge in [-0.25, -0.2) is 0 Å². The summed E-state index contributed by atoms with van der Waals surface area (Å²) in [6.45, 7) is 5.03. The summed E-state index contributed by atoms with van der Waals surface area (Å²) < 4.78 is 18.2. The van der Waals surface area contributed by atoms with Crippen molar-refractivity contribution < 1.29 is 28.9 Å². The molecule has 1 atom stereocenters. The maximum absolute atomic E-state index is 13.5. The summed E-state index contributed by atoms with van der Waals surface area (Å²) in [5.41, 5.74) is -0.950. The smallest absolute Gasteiger partial charge is 0.251 e. The number of amides is 2. The number of ether oxygens (including phenoxy) is 3. The third-order valence-corrected chi connectivity index (χ3v) is 6.67. The molecule has 0 radical (unpaired) electrons. The Bertz CT molecular complexity index is 1150. The molecule has 11 heteroatoms. The minimum atomic E-state index is -0.950. The fourth-order valence-corrected chi connectivity index (χ4v) is 4.74. The highest BCUT2D eigenvalue weighted by Gasteiger charge is 2.36. The van der Waals surface area contributed by atoms with Gasteiger partial charge in [-0.1, -0.05) is 17.7 Å². The number of hydrogen-bond donors (Lipinski definition) is 2. The molecule has 4 rings (SSSR count). The van der Waals surface area contributed by atoms with Gasteiger partial charge < -0.3 is 29.5 Å². The number of hydrogen-bond acceptors (Lipinski definition) is 7. The van der Waals surface area contributed by atoms with Gasteiger partial charge in [0.05, 0.1) is 25.8 Å². The lowest BCUT2D eigenvalue weighted by Crippen LogP contribution is -2.47. The van der Waals surface area contributed by atoms with Crippen LogP contribution in [0.3, 0.4) is 0 Å². The molecule has 1 saturated heterocycles. The maximum atomic E-state index is 13.5. The fourth-order valence-electron chi connectivity index (χ4n) is 4.50. The van der Waals surface area contributed by atoms with Crippen LogP contribution in [0.4, 0.5) is 5.82 Å². The largest absolute Gasteiger partial charge is 0.495 e. The van der Waals surface area contributed by atoms with Crippen LogP contribution in [-0.2, 0) is 20.9 Å². The van der Waals surface area contributed by atoms with Gasteiger partial charge in [0, 0.05) is 31.6 Å². The van der Waals surface area contributed by atoms with Gasteiger partial charge in [0.1, 0.15) is 28.3 Å². The molecule has 0 bridgehead atoms. The van der Waals surface area contributed by atoms with Crippen molar-refractivity contribution in [3.8, 4) is 11.5 Å². The maximum Gasteiger partial charge on any atom is 0.251 e. The minimum absolute atomic E-state index is 0.126. The quantitative estimate of drug-likeness (QED) is 0.482. The number of nitrogens with zero attached hydrogens (tertiary/aromatic N) is 3. The van der Waals surface area contributed by atoms with Crippen molar-refractivity contribution in [1.82, 2.24) is 14.7 Å². The van der Waals surface area contributed by atoms with Crippen molar-refractivity contribution in [3.63, 3.8) is 0 Å². The molecule has 0 spiro atoms. The number of aromatic nitrogens is 2. The summed E-state index contributed by atoms with van der Waals surface area (Å²) >= 11 is 6.36. The summed E-state index contributed by atoms with van der Waals surface area (Å²) in [6.07, 6.45) is 5.21. The van der Waals surface area contributed by atoms with Crippen LogP contribution in [0.25, 0.3) is 0 Å². The van der Waals surface area contributed by atoms with Gasteiger partial charge in [-0.3, -0.25) is 14.3 Å². The molecular formula is C26H33ClN4O6. The summed E-state index contributed by atoms with van der Waals surface area (Å²) in [7, 11) is 1.51. The predicted molar refractivity (Wildman–Crippen MR) is 138 cm³/mol. The Hall–Kier alpha value is -3.08. The number of aliphatic hydroxyl groups is 1. The zero-order valence-corrected chi connectivity index (χ0v) is 22.0. The Morgan fingerprint density at radius 2 is 2.03 bits per heavy atom. The lowest BCUT2D eigenvalue weighted by atomic mass is 9.91. The molecule has 2 aromatic rings. The first-order chi connectivity index (χ1) is 17.6. The molecule has 10 nitrogen and oxygen atoms in total. The molecule has 3 heterocycles. The van der Waals surface area contributed by atoms with Gasteiger partial charge in [-0.05, 0) is 51.2 Å². The van der Waals surface area contributed by atoms with Gasteiger partial charge in [0.25, 0.3) is 5.91 Å². The fraction of sp³-hybridized carbons (Fsp3) is 0.500. The molecule has 1 aromatic carbocycles. The zero-order chi connectivity index (χ0) is 26.6. The topological polar surface area (TPSA) is 115 Å². The molecule has 37 heavy (non-hydrogen) atoms. The molecule has 0 saturated carbocycles. The summed E-state index contributed by atoms with van der Waals surface area (Å²) in [6, 6.07) is 6.08. The second-order valence-electron chi connectivity index (χ2n) is 9.96. The van der Waals surface area contributed by atoms with Crippen LogP contribution in [-0.4, -0.2) is 70.1 Å². The summed E-state index contributed by atoms with van der Waals surface area (Å²) in [5.74, 6) is 1.16. The second kappa shape index (κ2) is 11.5. The molecule has 200 valence electrons. The highest BCUT2D eigenvalue weighted by atomic mass is 35.5. The summed E-state index contributed by atoms with van der Waals surface area (Å²) in [5, 5.41) is 17.5. The number of rotatable bonds is 10. The Morgan fingerprint density at radius 3 is 2.73 bits per heavy atom. The number of carbonyl (C=O) groups is 2. The lowest BCUT2D eigenvalue weighted by Gasteiger charge is -2.31. The second-order valence-corrected chi connectivity index (χ2v) is 10.3. The van der Waals surface area contributed by atoms with Crippen LogP contribution in [0.2, 0.25) is 5.02 Å². The van der Waals surface area contributed by atoms with E-state index >= 15 is 0 Å².